The van der Waals surface area contributed by atoms with Crippen LogP contribution in [0.25, 0.3) is 11.1 Å². The molecule has 2 heteroatoms. The molecule has 0 aliphatic heterocycles. The fourth-order valence-corrected chi connectivity index (χ4v) is 6.36. The lowest BCUT2D eigenvalue weighted by atomic mass is 9.67. The summed E-state index contributed by atoms with van der Waals surface area (Å²) in [6.07, 6.45) is 0. The maximum atomic E-state index is 6.70. The van der Waals surface area contributed by atoms with Crippen LogP contribution in [0.5, 0.6) is 0 Å². The lowest BCUT2D eigenvalue weighted by molar-refractivity contribution is 0.768. The van der Waals surface area contributed by atoms with Gasteiger partial charge in [-0.05, 0) is 81.9 Å². The number of hydrogen-bond donors (Lipinski definition) is 0. The number of anilines is 3. The van der Waals surface area contributed by atoms with Crippen molar-refractivity contribution in [3.8, 4) is 11.1 Å². The molecule has 0 aromatic heterocycles. The molecule has 7 rings (SSSR count). The fourth-order valence-electron chi connectivity index (χ4n) is 6.19. The third-order valence-corrected chi connectivity index (χ3v) is 8.02. The van der Waals surface area contributed by atoms with Gasteiger partial charge in [0.1, 0.15) is 0 Å². The maximum absolute atomic E-state index is 6.70. The summed E-state index contributed by atoms with van der Waals surface area (Å²) in [5.74, 6) is 0. The Hall–Kier alpha value is -4.59. The molecule has 6 aromatic rings. The molecule has 1 aliphatic carbocycles. The molecule has 0 radical (unpaired) electrons. The van der Waals surface area contributed by atoms with E-state index in [1.807, 2.05) is 6.07 Å². The van der Waals surface area contributed by atoms with Crippen molar-refractivity contribution in [2.75, 3.05) is 4.90 Å². The molecule has 39 heavy (non-hydrogen) atoms. The summed E-state index contributed by atoms with van der Waals surface area (Å²) in [5.41, 5.74) is 10.2. The first-order valence-electron chi connectivity index (χ1n) is 13.2. The zero-order chi connectivity index (χ0) is 26.2. The van der Waals surface area contributed by atoms with Gasteiger partial charge in [0.05, 0.1) is 5.41 Å². The molecule has 0 spiro atoms. The number of hydrogen-bond acceptors (Lipinski definition) is 1. The van der Waals surface area contributed by atoms with Crippen molar-refractivity contribution >= 4 is 28.7 Å². The molecule has 0 heterocycles. The van der Waals surface area contributed by atoms with Crippen LogP contribution in [0, 0.1) is 0 Å². The van der Waals surface area contributed by atoms with Crippen LogP contribution in [-0.2, 0) is 5.41 Å². The molecule has 0 atom stereocenters. The van der Waals surface area contributed by atoms with Gasteiger partial charge in [0.2, 0.25) is 0 Å². The van der Waals surface area contributed by atoms with E-state index < -0.39 is 5.41 Å². The van der Waals surface area contributed by atoms with Crippen molar-refractivity contribution in [2.45, 2.75) is 5.41 Å². The van der Waals surface area contributed by atoms with Crippen LogP contribution < -0.4 is 4.90 Å². The topological polar surface area (TPSA) is 3.24 Å². The van der Waals surface area contributed by atoms with Crippen molar-refractivity contribution < 1.29 is 0 Å². The van der Waals surface area contributed by atoms with Crippen molar-refractivity contribution in [1.82, 2.24) is 0 Å². The summed E-state index contributed by atoms with van der Waals surface area (Å²) in [7, 11) is 0. The highest BCUT2D eigenvalue weighted by Crippen LogP contribution is 2.57. The molecule has 186 valence electrons. The summed E-state index contributed by atoms with van der Waals surface area (Å²) < 4.78 is 0. The van der Waals surface area contributed by atoms with Crippen molar-refractivity contribution in [3.05, 3.63) is 185 Å². The minimum absolute atomic E-state index is 0.507. The van der Waals surface area contributed by atoms with Crippen LogP contribution in [-0.4, -0.2) is 0 Å². The van der Waals surface area contributed by atoms with Gasteiger partial charge >= 0.3 is 0 Å². The van der Waals surface area contributed by atoms with E-state index >= 15 is 0 Å². The van der Waals surface area contributed by atoms with Crippen molar-refractivity contribution in [2.24, 2.45) is 0 Å². The predicted molar refractivity (Wildman–Crippen MR) is 163 cm³/mol. The minimum atomic E-state index is -0.507. The van der Waals surface area contributed by atoms with E-state index in [-0.39, 0.29) is 0 Å². The van der Waals surface area contributed by atoms with E-state index in [2.05, 4.69) is 157 Å². The summed E-state index contributed by atoms with van der Waals surface area (Å²) in [6.45, 7) is 0. The van der Waals surface area contributed by atoms with E-state index in [9.17, 15) is 0 Å². The van der Waals surface area contributed by atoms with Gasteiger partial charge in [-0.25, -0.2) is 0 Å². The summed E-state index contributed by atoms with van der Waals surface area (Å²) >= 11 is 6.70. The lowest BCUT2D eigenvalue weighted by Gasteiger charge is -2.35. The monoisotopic (exact) mass is 519 g/mol. The molecular weight excluding hydrogens is 494 g/mol. The number of fused-ring (bicyclic) bond motifs is 3. The Labute approximate surface area is 234 Å². The highest BCUT2D eigenvalue weighted by atomic mass is 35.5. The first kappa shape index (κ1) is 23.5. The molecule has 0 fully saturated rings. The van der Waals surface area contributed by atoms with E-state index in [1.54, 1.807) is 0 Å². The highest BCUT2D eigenvalue weighted by molar-refractivity contribution is 6.30. The van der Waals surface area contributed by atoms with Gasteiger partial charge < -0.3 is 4.90 Å². The number of nitrogens with zero attached hydrogens (tertiary/aromatic N) is 1. The van der Waals surface area contributed by atoms with Gasteiger partial charge in [-0.1, -0.05) is 121 Å². The summed E-state index contributed by atoms with van der Waals surface area (Å²) in [6, 6.07) is 56.0. The average Bonchev–Trinajstić information content (AvgIpc) is 3.29. The summed E-state index contributed by atoms with van der Waals surface area (Å²) in [4.78, 5) is 2.33. The molecule has 0 saturated heterocycles. The van der Waals surface area contributed by atoms with Gasteiger partial charge in [-0.3, -0.25) is 0 Å². The normalized spacial score (nSPS) is 12.9. The maximum Gasteiger partial charge on any atom is 0.0714 e. The van der Waals surface area contributed by atoms with E-state index in [0.29, 0.717) is 0 Å². The Balaban J connectivity index is 1.56. The van der Waals surface area contributed by atoms with Crippen LogP contribution in [0.3, 0.4) is 0 Å². The minimum Gasteiger partial charge on any atom is -0.310 e. The standard InChI is InChI=1S/C37H26ClN/c38-29-21-23-33-34-24-22-32(39(30-17-9-3-10-18-30)31-19-11-4-12-20-31)26-36(34)37(35(33)25-29,27-13-5-1-6-14-27)28-15-7-2-8-16-28/h1-26H. The molecule has 1 aliphatic rings. The molecular formula is C37H26ClN. The zero-order valence-corrected chi connectivity index (χ0v) is 22.1. The zero-order valence-electron chi connectivity index (χ0n) is 21.3. The van der Waals surface area contributed by atoms with Gasteiger partial charge in [0.25, 0.3) is 0 Å². The lowest BCUT2D eigenvalue weighted by Crippen LogP contribution is -2.28. The second-order valence-electron chi connectivity index (χ2n) is 9.91. The first-order chi connectivity index (χ1) is 19.3. The van der Waals surface area contributed by atoms with Gasteiger partial charge in [0.15, 0.2) is 0 Å². The Morgan fingerprint density at radius 2 is 0.846 bits per heavy atom. The number of halogens is 1. The van der Waals surface area contributed by atoms with Gasteiger partial charge in [0, 0.05) is 22.1 Å². The molecule has 0 unspecified atom stereocenters. The molecule has 1 nitrogen and oxygen atoms in total. The predicted octanol–water partition coefficient (Wildman–Crippen LogP) is 10.2. The molecule has 6 aromatic carbocycles. The molecule has 0 bridgehead atoms. The fraction of sp³-hybridized carbons (Fsp3) is 0.0270. The third-order valence-electron chi connectivity index (χ3n) is 7.78. The Morgan fingerprint density at radius 3 is 1.36 bits per heavy atom. The van der Waals surface area contributed by atoms with E-state index in [4.69, 9.17) is 11.6 Å². The highest BCUT2D eigenvalue weighted by Gasteiger charge is 2.46. The molecule has 0 amide bonds. The van der Waals surface area contributed by atoms with Crippen molar-refractivity contribution in [1.29, 1.82) is 0 Å². The first-order valence-corrected chi connectivity index (χ1v) is 13.6. The quantitative estimate of drug-likeness (QED) is 0.218. The van der Waals surface area contributed by atoms with Crippen LogP contribution in [0.15, 0.2) is 158 Å². The second kappa shape index (κ2) is 9.62. The third kappa shape index (κ3) is 3.78. The average molecular weight is 520 g/mol. The SMILES string of the molecule is Clc1ccc2c(c1)C(c1ccccc1)(c1ccccc1)c1cc(N(c3ccccc3)c3ccccc3)ccc1-2. The van der Waals surface area contributed by atoms with Gasteiger partial charge in [-0.2, -0.15) is 0 Å². The van der Waals surface area contributed by atoms with Crippen LogP contribution in [0.1, 0.15) is 22.3 Å². The molecule has 0 saturated carbocycles. The van der Waals surface area contributed by atoms with Crippen LogP contribution in [0.2, 0.25) is 5.02 Å². The smallest absolute Gasteiger partial charge is 0.0714 e. The number of rotatable bonds is 5. The van der Waals surface area contributed by atoms with Crippen LogP contribution >= 0.6 is 11.6 Å². The summed E-state index contributed by atoms with van der Waals surface area (Å²) in [5, 5.41) is 0.744. The van der Waals surface area contributed by atoms with Crippen molar-refractivity contribution in [3.63, 3.8) is 0 Å². The Bertz CT molecular complexity index is 1670. The van der Waals surface area contributed by atoms with E-state index in [1.165, 1.54) is 33.4 Å². The number of benzene rings is 6. The van der Waals surface area contributed by atoms with Gasteiger partial charge in [-0.15, -0.1) is 0 Å². The number of para-hydroxylation sites is 2. The Kier molecular flexibility index (Phi) is 5.80. The van der Waals surface area contributed by atoms with Crippen LogP contribution in [0.4, 0.5) is 17.1 Å². The Morgan fingerprint density at radius 1 is 0.410 bits per heavy atom. The molecule has 0 N–H and O–H groups in total. The largest absolute Gasteiger partial charge is 0.310 e. The second-order valence-corrected chi connectivity index (χ2v) is 10.3. The van der Waals surface area contributed by atoms with E-state index in [0.717, 1.165) is 22.1 Å².